The molecule has 4 fully saturated rings. The van der Waals surface area contributed by atoms with Gasteiger partial charge in [-0.05, 0) is 175 Å². The van der Waals surface area contributed by atoms with Gasteiger partial charge in [-0.1, -0.05) is 57.0 Å². The highest BCUT2D eigenvalue weighted by Crippen LogP contribution is 2.44. The molecule has 9 rings (SSSR count). The fraction of sp³-hybridized carbons (Fsp3) is 0.467. The normalized spacial score (nSPS) is 24.3. The van der Waals surface area contributed by atoms with Crippen molar-refractivity contribution >= 4 is 40.6 Å². The predicted molar refractivity (Wildman–Crippen MR) is 272 cm³/mol. The third-order valence-electron chi connectivity index (χ3n) is 15.9. The Bertz CT molecular complexity index is 2650. The molecule has 4 aliphatic carbocycles. The minimum absolute atomic E-state index is 0.0410. The van der Waals surface area contributed by atoms with Gasteiger partial charge in [0.2, 0.25) is 0 Å². The van der Waals surface area contributed by atoms with Gasteiger partial charge in [-0.2, -0.15) is 0 Å². The highest BCUT2D eigenvalue weighted by atomic mass is 16.6. The number of hydrogen-bond donors (Lipinski definition) is 0. The minimum atomic E-state index is -0.443. The van der Waals surface area contributed by atoms with E-state index in [2.05, 4.69) is 18.8 Å². The summed E-state index contributed by atoms with van der Waals surface area (Å²) in [5.74, 6) is 1.36. The van der Waals surface area contributed by atoms with Gasteiger partial charge in [0.15, 0.2) is 0 Å². The molecule has 1 heterocycles. The van der Waals surface area contributed by atoms with Gasteiger partial charge in [0.25, 0.3) is 0 Å². The Balaban J connectivity index is 0.778. The molecule has 4 saturated carbocycles. The molecule has 0 N–H and O–H groups in total. The molecule has 378 valence electrons. The van der Waals surface area contributed by atoms with Crippen molar-refractivity contribution in [2.24, 2.45) is 41.4 Å². The summed E-state index contributed by atoms with van der Waals surface area (Å²) in [7, 11) is 0. The van der Waals surface area contributed by atoms with Crippen LogP contribution >= 0.6 is 0 Å². The van der Waals surface area contributed by atoms with Gasteiger partial charge in [0, 0.05) is 34.3 Å². The van der Waals surface area contributed by atoms with E-state index >= 15 is 0 Å². The van der Waals surface area contributed by atoms with E-state index in [0.717, 1.165) is 64.2 Å². The lowest BCUT2D eigenvalue weighted by molar-refractivity contribution is -0.145. The summed E-state index contributed by atoms with van der Waals surface area (Å²) in [6.45, 7) is 4.40. The Kier molecular flexibility index (Phi) is 16.6. The van der Waals surface area contributed by atoms with Gasteiger partial charge in [0.1, 0.15) is 34.5 Å². The first-order chi connectivity index (χ1) is 35.1. The van der Waals surface area contributed by atoms with Crippen LogP contribution in [0.1, 0.15) is 129 Å². The molecular formula is C60H67NO11. The number of esters is 5. The molecule has 0 aliphatic heterocycles. The average molecular weight is 978 g/mol. The molecule has 12 heteroatoms. The zero-order valence-electron chi connectivity index (χ0n) is 41.6. The zero-order chi connectivity index (χ0) is 50.0. The number of fused-ring (bicyclic) bond motifs is 1. The number of carbonyl (C=O) groups is 5. The molecule has 0 amide bonds. The van der Waals surface area contributed by atoms with E-state index in [9.17, 15) is 24.0 Å². The van der Waals surface area contributed by atoms with Crippen LogP contribution in [-0.2, 0) is 24.0 Å². The molecular weight excluding hydrogens is 911 g/mol. The second-order valence-electron chi connectivity index (χ2n) is 20.5. The molecule has 5 aromatic rings. The van der Waals surface area contributed by atoms with Crippen LogP contribution < -0.4 is 28.4 Å². The van der Waals surface area contributed by atoms with Crippen LogP contribution in [0, 0.1) is 41.4 Å². The largest absolute Gasteiger partial charge is 0.490 e. The molecule has 0 saturated heterocycles. The van der Waals surface area contributed by atoms with Crippen molar-refractivity contribution in [3.05, 3.63) is 103 Å². The SMILES string of the molecule is CCC1CCC(C(=O)Oc2ccc(OC(=O)C3CCC(C(=O)Oc4c(-c5cccnc5)cc(OC(=O)C5CCC(Oc6ccc(OC(=O)C7CCC(CC)CC7)cc6)CC5)c5ccccc45)CC3)cc2)CC1. The highest BCUT2D eigenvalue weighted by molar-refractivity contribution is 6.02. The lowest BCUT2D eigenvalue weighted by Gasteiger charge is -2.28. The summed E-state index contributed by atoms with van der Waals surface area (Å²) in [5.41, 5.74) is 1.25. The van der Waals surface area contributed by atoms with E-state index in [1.165, 1.54) is 0 Å². The summed E-state index contributed by atoms with van der Waals surface area (Å²) >= 11 is 0. The topological polar surface area (TPSA) is 154 Å². The highest BCUT2D eigenvalue weighted by Gasteiger charge is 2.35. The first-order valence-electron chi connectivity index (χ1n) is 26.5. The van der Waals surface area contributed by atoms with Crippen LogP contribution in [0.4, 0.5) is 0 Å². The molecule has 0 spiro atoms. The quantitative estimate of drug-likeness (QED) is 0.0724. The molecule has 4 aliphatic rings. The Morgan fingerprint density at radius 2 is 0.847 bits per heavy atom. The Morgan fingerprint density at radius 3 is 1.29 bits per heavy atom. The summed E-state index contributed by atoms with van der Waals surface area (Å²) in [4.78, 5) is 71.1. The molecule has 4 aromatic carbocycles. The van der Waals surface area contributed by atoms with Crippen molar-refractivity contribution in [2.75, 3.05) is 0 Å². The van der Waals surface area contributed by atoms with Gasteiger partial charge in [-0.3, -0.25) is 29.0 Å². The third-order valence-corrected chi connectivity index (χ3v) is 15.9. The number of nitrogens with zero attached hydrogens (tertiary/aromatic N) is 1. The van der Waals surface area contributed by atoms with Crippen LogP contribution in [0.3, 0.4) is 0 Å². The molecule has 72 heavy (non-hydrogen) atoms. The number of pyridine rings is 1. The van der Waals surface area contributed by atoms with Crippen molar-refractivity contribution in [2.45, 2.75) is 136 Å². The number of benzene rings is 4. The standard InChI is InChI=1S/C60H67NO11/c1-3-38-11-15-40(16-12-38)56(62)68-48-29-27-47(28-30-48)67-46-25-23-44(24-26-46)59(65)71-54-36-53(45-8-7-35-61-37-45)55(52-10-6-5-9-51(52)54)72-60(66)43-21-19-42(20-22-43)58(64)70-50-33-31-49(32-34-50)69-57(63)41-17-13-39(4-2)14-18-41/h5-10,27-44,46H,3-4,11-26H2,1-2H3. The fourth-order valence-corrected chi connectivity index (χ4v) is 11.2. The van der Waals surface area contributed by atoms with Crippen LogP contribution in [-0.4, -0.2) is 40.9 Å². The van der Waals surface area contributed by atoms with Crippen molar-refractivity contribution in [1.82, 2.24) is 4.98 Å². The van der Waals surface area contributed by atoms with Crippen molar-refractivity contribution in [1.29, 1.82) is 0 Å². The second-order valence-corrected chi connectivity index (χ2v) is 20.5. The smallest absolute Gasteiger partial charge is 0.314 e. The summed E-state index contributed by atoms with van der Waals surface area (Å²) in [5, 5.41) is 1.24. The Morgan fingerprint density at radius 1 is 0.444 bits per heavy atom. The first kappa shape index (κ1) is 50.4. The van der Waals surface area contributed by atoms with Gasteiger partial charge in [-0.15, -0.1) is 0 Å². The number of ether oxygens (including phenoxy) is 6. The molecule has 0 atom stereocenters. The number of carbonyl (C=O) groups excluding carboxylic acids is 5. The van der Waals surface area contributed by atoms with E-state index in [4.69, 9.17) is 28.4 Å². The van der Waals surface area contributed by atoms with Crippen LogP contribution in [0.2, 0.25) is 0 Å². The number of rotatable bonds is 15. The van der Waals surface area contributed by atoms with E-state index in [-0.39, 0.29) is 53.7 Å². The molecule has 0 radical (unpaired) electrons. The predicted octanol–water partition coefficient (Wildman–Crippen LogP) is 13.0. The fourth-order valence-electron chi connectivity index (χ4n) is 11.2. The maximum Gasteiger partial charge on any atom is 0.314 e. The van der Waals surface area contributed by atoms with E-state index in [1.807, 2.05) is 42.5 Å². The Hall–Kier alpha value is -6.56. The lowest BCUT2D eigenvalue weighted by Crippen LogP contribution is -2.30. The monoisotopic (exact) mass is 977 g/mol. The van der Waals surface area contributed by atoms with E-state index in [0.29, 0.717) is 120 Å². The van der Waals surface area contributed by atoms with Gasteiger partial charge in [-0.25, -0.2) is 0 Å². The summed E-state index contributed by atoms with van der Waals surface area (Å²) in [6, 6.07) is 26.6. The molecule has 0 bridgehead atoms. The van der Waals surface area contributed by atoms with Crippen molar-refractivity contribution < 1.29 is 52.4 Å². The molecule has 12 nitrogen and oxygen atoms in total. The minimum Gasteiger partial charge on any atom is -0.490 e. The van der Waals surface area contributed by atoms with Crippen LogP contribution in [0.25, 0.3) is 21.9 Å². The van der Waals surface area contributed by atoms with Gasteiger partial charge >= 0.3 is 29.8 Å². The van der Waals surface area contributed by atoms with Crippen molar-refractivity contribution in [3.8, 4) is 45.6 Å². The Labute approximate surface area is 422 Å². The van der Waals surface area contributed by atoms with Gasteiger partial charge in [0.05, 0.1) is 35.7 Å². The molecule has 1 aromatic heterocycles. The maximum absolute atomic E-state index is 14.0. The number of hydrogen-bond acceptors (Lipinski definition) is 12. The number of aromatic nitrogens is 1. The zero-order valence-corrected chi connectivity index (χ0v) is 41.6. The first-order valence-corrected chi connectivity index (χ1v) is 26.5. The van der Waals surface area contributed by atoms with Crippen molar-refractivity contribution in [3.63, 3.8) is 0 Å². The van der Waals surface area contributed by atoms with Gasteiger partial charge < -0.3 is 28.4 Å². The van der Waals surface area contributed by atoms with E-state index in [1.54, 1.807) is 60.9 Å². The average Bonchev–Trinajstić information content (AvgIpc) is 3.43. The van der Waals surface area contributed by atoms with Crippen LogP contribution in [0.15, 0.2) is 103 Å². The maximum atomic E-state index is 14.0. The summed E-state index contributed by atoms with van der Waals surface area (Å²) in [6.07, 6.45) is 17.6. The summed E-state index contributed by atoms with van der Waals surface area (Å²) < 4.78 is 36.0. The van der Waals surface area contributed by atoms with E-state index < -0.39 is 11.9 Å². The third kappa shape index (κ3) is 12.5. The lowest BCUT2D eigenvalue weighted by atomic mass is 9.81. The molecule has 0 unspecified atom stereocenters. The van der Waals surface area contributed by atoms with Crippen LogP contribution in [0.5, 0.6) is 34.5 Å². The second kappa shape index (κ2) is 23.8.